The molecule has 120 valence electrons. The van der Waals surface area contributed by atoms with Gasteiger partial charge in [0.1, 0.15) is 24.1 Å². The molecule has 4 atom stereocenters. The second-order valence-electron chi connectivity index (χ2n) is 4.56. The Morgan fingerprint density at radius 1 is 1.27 bits per heavy atom. The Morgan fingerprint density at radius 3 is 2.68 bits per heavy atom. The molecule has 1 fully saturated rings. The van der Waals surface area contributed by atoms with E-state index in [1.807, 2.05) is 0 Å². The van der Waals surface area contributed by atoms with Crippen LogP contribution >= 0.6 is 7.82 Å². The number of fused-ring (bicyclic) bond motifs is 1. The van der Waals surface area contributed by atoms with E-state index >= 15 is 0 Å². The van der Waals surface area contributed by atoms with Crippen LogP contribution < -0.4 is 5.73 Å². The smallest absolute Gasteiger partial charge is 0.385 e. The van der Waals surface area contributed by atoms with Crippen molar-refractivity contribution in [3.05, 3.63) is 12.7 Å². The maximum atomic E-state index is 10.8. The monoisotopic (exact) mass is 333 g/mol. The molecule has 6 N–H and O–H groups in total. The second-order valence-corrected chi connectivity index (χ2v) is 5.75. The summed E-state index contributed by atoms with van der Waals surface area (Å²) in [4.78, 5) is 29.2. The van der Waals surface area contributed by atoms with Crippen molar-refractivity contribution in [2.45, 2.75) is 24.7 Å². The maximum Gasteiger partial charge on any atom is 0.472 e. The quantitative estimate of drug-likeness (QED) is 0.395. The van der Waals surface area contributed by atoms with Gasteiger partial charge in [-0.05, 0) is 0 Å². The fraction of sp³-hybridized carbons (Fsp3) is 0.444. The summed E-state index contributed by atoms with van der Waals surface area (Å²) in [6.07, 6.45) is -3.70. The van der Waals surface area contributed by atoms with Crippen LogP contribution in [0.2, 0.25) is 0 Å². The van der Waals surface area contributed by atoms with E-state index in [1.165, 1.54) is 17.2 Å². The molecule has 0 aromatic carbocycles. The van der Waals surface area contributed by atoms with Crippen LogP contribution in [0, 0.1) is 0 Å². The normalized spacial score (nSPS) is 29.3. The third kappa shape index (κ3) is 2.57. The van der Waals surface area contributed by atoms with E-state index < -0.39 is 32.5 Å². The number of nitrogen functional groups attached to an aromatic ring is 1. The summed E-state index contributed by atoms with van der Waals surface area (Å²) in [5.41, 5.74) is 6.11. The number of rotatable bonds is 3. The highest BCUT2D eigenvalue weighted by Crippen LogP contribution is 2.43. The Balaban J connectivity index is 1.94. The zero-order valence-electron chi connectivity index (χ0n) is 10.8. The van der Waals surface area contributed by atoms with Gasteiger partial charge in [-0.1, -0.05) is 0 Å². The van der Waals surface area contributed by atoms with Crippen molar-refractivity contribution in [1.29, 1.82) is 0 Å². The van der Waals surface area contributed by atoms with Gasteiger partial charge in [0.05, 0.1) is 6.33 Å². The summed E-state index contributed by atoms with van der Waals surface area (Å²) < 4.78 is 21.5. The SMILES string of the molecule is Nc1ncnc2c1ncn2[C@@H]1O[C@H](OP(=O)(O)O)[C@@H](O)[C@H]1O. The van der Waals surface area contributed by atoms with Crippen molar-refractivity contribution in [3.8, 4) is 0 Å². The fourth-order valence-electron chi connectivity index (χ4n) is 2.14. The van der Waals surface area contributed by atoms with Crippen molar-refractivity contribution in [2.24, 2.45) is 0 Å². The Labute approximate surface area is 122 Å². The van der Waals surface area contributed by atoms with Gasteiger partial charge in [-0.2, -0.15) is 0 Å². The summed E-state index contributed by atoms with van der Waals surface area (Å²) in [5, 5.41) is 19.8. The van der Waals surface area contributed by atoms with E-state index in [2.05, 4.69) is 19.5 Å². The second kappa shape index (κ2) is 5.21. The zero-order chi connectivity index (χ0) is 16.1. The van der Waals surface area contributed by atoms with Gasteiger partial charge in [-0.3, -0.25) is 9.09 Å². The summed E-state index contributed by atoms with van der Waals surface area (Å²) in [6, 6.07) is 0. The third-order valence-electron chi connectivity index (χ3n) is 3.10. The van der Waals surface area contributed by atoms with Crippen molar-refractivity contribution >= 4 is 24.8 Å². The maximum absolute atomic E-state index is 10.8. The van der Waals surface area contributed by atoms with Crippen LogP contribution in [0.4, 0.5) is 5.82 Å². The van der Waals surface area contributed by atoms with Crippen molar-refractivity contribution in [1.82, 2.24) is 19.5 Å². The number of aromatic nitrogens is 4. The predicted octanol–water partition coefficient (Wildman–Crippen LogP) is -1.91. The molecule has 0 bridgehead atoms. The third-order valence-corrected chi connectivity index (χ3v) is 3.58. The number of nitrogens with zero attached hydrogens (tertiary/aromatic N) is 4. The number of hydrogen-bond donors (Lipinski definition) is 5. The first-order chi connectivity index (χ1) is 10.3. The molecular weight excluding hydrogens is 321 g/mol. The average molecular weight is 333 g/mol. The Morgan fingerprint density at radius 2 is 2.00 bits per heavy atom. The summed E-state index contributed by atoms with van der Waals surface area (Å²) >= 11 is 0. The highest BCUT2D eigenvalue weighted by Gasteiger charge is 2.47. The lowest BCUT2D eigenvalue weighted by atomic mass is 10.2. The summed E-state index contributed by atoms with van der Waals surface area (Å²) in [6.45, 7) is 0. The van der Waals surface area contributed by atoms with Crippen LogP contribution in [0.3, 0.4) is 0 Å². The van der Waals surface area contributed by atoms with Crippen molar-refractivity contribution in [2.75, 3.05) is 5.73 Å². The molecule has 3 heterocycles. The number of nitrogens with two attached hydrogens (primary N) is 1. The van der Waals surface area contributed by atoms with Crippen LogP contribution in [-0.4, -0.2) is 58.0 Å². The molecule has 1 saturated heterocycles. The van der Waals surface area contributed by atoms with Crippen LogP contribution in [0.25, 0.3) is 11.2 Å². The minimum Gasteiger partial charge on any atom is -0.385 e. The number of phosphoric acid groups is 1. The van der Waals surface area contributed by atoms with Crippen LogP contribution in [0.1, 0.15) is 6.23 Å². The standard InChI is InChI=1S/C9H12N5O7P/c10-6-3-7(12-1-11-6)14(2-13-3)8-4(15)5(16)9(20-8)21-22(17,18)19/h1-2,4-5,8-9,15-16H,(H2,10,11,12)(H2,17,18,19)/t4-,5+,8-,9-/m1/s1. The van der Waals surface area contributed by atoms with Crippen molar-refractivity contribution < 1.29 is 33.8 Å². The molecule has 0 aliphatic carbocycles. The number of ether oxygens (including phenoxy) is 1. The van der Waals surface area contributed by atoms with Crippen molar-refractivity contribution in [3.63, 3.8) is 0 Å². The number of phosphoric ester groups is 1. The van der Waals surface area contributed by atoms with E-state index in [1.54, 1.807) is 0 Å². The molecule has 0 radical (unpaired) electrons. The van der Waals surface area contributed by atoms with Gasteiger partial charge < -0.3 is 30.5 Å². The minimum absolute atomic E-state index is 0.111. The molecule has 1 aliphatic rings. The minimum atomic E-state index is -4.90. The first-order valence-electron chi connectivity index (χ1n) is 5.96. The van der Waals surface area contributed by atoms with E-state index in [0.717, 1.165) is 0 Å². The zero-order valence-corrected chi connectivity index (χ0v) is 11.7. The molecule has 13 heteroatoms. The molecule has 0 amide bonds. The molecule has 0 spiro atoms. The number of aliphatic hydroxyl groups is 2. The van der Waals surface area contributed by atoms with Crippen LogP contribution in [-0.2, 0) is 13.8 Å². The van der Waals surface area contributed by atoms with Gasteiger partial charge in [0.25, 0.3) is 0 Å². The lowest BCUT2D eigenvalue weighted by Crippen LogP contribution is -2.32. The lowest BCUT2D eigenvalue weighted by Gasteiger charge is -2.16. The fourth-order valence-corrected chi connectivity index (χ4v) is 2.58. The summed E-state index contributed by atoms with van der Waals surface area (Å²) in [5.74, 6) is 0.111. The first-order valence-corrected chi connectivity index (χ1v) is 7.49. The predicted molar refractivity (Wildman–Crippen MR) is 68.8 cm³/mol. The molecule has 1 aliphatic heterocycles. The van der Waals surface area contributed by atoms with Gasteiger partial charge in [0.15, 0.2) is 24.0 Å². The Bertz CT molecular complexity index is 747. The molecular formula is C9H12N5O7P. The van der Waals surface area contributed by atoms with E-state index in [0.29, 0.717) is 0 Å². The molecule has 0 unspecified atom stereocenters. The molecule has 2 aromatic heterocycles. The van der Waals surface area contributed by atoms with Gasteiger partial charge in [-0.15, -0.1) is 0 Å². The van der Waals surface area contributed by atoms with Gasteiger partial charge >= 0.3 is 7.82 Å². The summed E-state index contributed by atoms with van der Waals surface area (Å²) in [7, 11) is -4.90. The number of hydrogen-bond acceptors (Lipinski definition) is 9. The average Bonchev–Trinajstić information content (AvgIpc) is 2.95. The van der Waals surface area contributed by atoms with Gasteiger partial charge in [0.2, 0.25) is 0 Å². The molecule has 0 saturated carbocycles. The number of aliphatic hydroxyl groups excluding tert-OH is 2. The van der Waals surface area contributed by atoms with Crippen LogP contribution in [0.15, 0.2) is 12.7 Å². The molecule has 22 heavy (non-hydrogen) atoms. The van der Waals surface area contributed by atoms with E-state index in [4.69, 9.17) is 20.3 Å². The highest BCUT2D eigenvalue weighted by atomic mass is 31.2. The number of anilines is 1. The topological polar surface area (TPSA) is 186 Å². The van der Waals surface area contributed by atoms with Gasteiger partial charge in [-0.25, -0.2) is 19.5 Å². The molecule has 12 nitrogen and oxygen atoms in total. The molecule has 2 aromatic rings. The largest absolute Gasteiger partial charge is 0.472 e. The van der Waals surface area contributed by atoms with Gasteiger partial charge in [0, 0.05) is 0 Å². The molecule has 3 rings (SSSR count). The van der Waals surface area contributed by atoms with E-state index in [9.17, 15) is 14.8 Å². The number of imidazole rings is 1. The Hall–Kier alpha value is -1.66. The van der Waals surface area contributed by atoms with Crippen LogP contribution in [0.5, 0.6) is 0 Å². The van der Waals surface area contributed by atoms with E-state index in [-0.39, 0.29) is 17.0 Å². The lowest BCUT2D eigenvalue weighted by molar-refractivity contribution is -0.134. The Kier molecular flexibility index (Phi) is 3.61. The highest BCUT2D eigenvalue weighted by molar-refractivity contribution is 7.46. The first kappa shape index (κ1) is 15.2.